The van der Waals surface area contributed by atoms with E-state index in [9.17, 15) is 4.79 Å². The zero-order valence-corrected chi connectivity index (χ0v) is 16.7. The van der Waals surface area contributed by atoms with Gasteiger partial charge in [0.1, 0.15) is 17.5 Å². The zero-order chi connectivity index (χ0) is 19.4. The number of aryl methyl sites for hydroxylation is 3. The Balaban J connectivity index is 1.73. The molecule has 0 atom stereocenters. The summed E-state index contributed by atoms with van der Waals surface area (Å²) in [5, 5.41) is 9.22. The summed E-state index contributed by atoms with van der Waals surface area (Å²) >= 11 is 7.68. The highest BCUT2D eigenvalue weighted by Gasteiger charge is 2.16. The fourth-order valence-corrected chi connectivity index (χ4v) is 4.04. The van der Waals surface area contributed by atoms with Crippen LogP contribution in [0.4, 0.5) is 0 Å². The second kappa shape index (κ2) is 8.55. The summed E-state index contributed by atoms with van der Waals surface area (Å²) in [6.07, 6.45) is 0.627. The Morgan fingerprint density at radius 3 is 2.59 bits per heavy atom. The van der Waals surface area contributed by atoms with E-state index in [1.54, 1.807) is 0 Å². The van der Waals surface area contributed by atoms with Gasteiger partial charge >= 0.3 is 5.97 Å². The van der Waals surface area contributed by atoms with Crippen LogP contribution in [0, 0.1) is 13.8 Å². The highest BCUT2D eigenvalue weighted by molar-refractivity contribution is 7.10. The summed E-state index contributed by atoms with van der Waals surface area (Å²) in [7, 11) is 0. The van der Waals surface area contributed by atoms with Crippen molar-refractivity contribution in [1.29, 1.82) is 0 Å². The van der Waals surface area contributed by atoms with Crippen LogP contribution in [-0.2, 0) is 17.8 Å². The minimum atomic E-state index is -0.797. The van der Waals surface area contributed by atoms with E-state index < -0.39 is 5.97 Å². The van der Waals surface area contributed by atoms with Crippen molar-refractivity contribution >= 4 is 29.1 Å². The van der Waals surface area contributed by atoms with Crippen LogP contribution in [-0.4, -0.2) is 15.4 Å². The van der Waals surface area contributed by atoms with E-state index in [1.165, 1.54) is 22.7 Å². The van der Waals surface area contributed by atoms with Crippen LogP contribution in [0.15, 0.2) is 42.5 Å². The Hall–Kier alpha value is -2.37. The predicted octanol–water partition coefficient (Wildman–Crippen LogP) is 5.68. The summed E-state index contributed by atoms with van der Waals surface area (Å²) in [6, 6.07) is 13.8. The molecular weight excluding hydrogens is 382 g/mol. The number of aliphatic carboxylic acids is 1. The maximum absolute atomic E-state index is 10.7. The third-order valence-electron chi connectivity index (χ3n) is 4.30. The predicted molar refractivity (Wildman–Crippen MR) is 109 cm³/mol. The van der Waals surface area contributed by atoms with Crippen LogP contribution >= 0.6 is 23.1 Å². The van der Waals surface area contributed by atoms with E-state index in [2.05, 4.69) is 36.4 Å². The second-order valence-electron chi connectivity index (χ2n) is 6.43. The molecule has 1 aromatic heterocycles. The normalized spacial score (nSPS) is 10.8. The molecular formula is C21H20ClNO3S. The van der Waals surface area contributed by atoms with Crippen molar-refractivity contribution in [3.63, 3.8) is 0 Å². The van der Waals surface area contributed by atoms with Gasteiger partial charge in [-0.05, 0) is 60.6 Å². The fraction of sp³-hybridized carbons (Fsp3) is 0.238. The SMILES string of the molecule is Cc1ccc(-c2snc(Cl)c2COc2ccc(CCC(=O)O)cc2)c(C)c1. The minimum absolute atomic E-state index is 0.121. The molecule has 0 bridgehead atoms. The van der Waals surface area contributed by atoms with Gasteiger partial charge in [-0.2, -0.15) is 4.37 Å². The summed E-state index contributed by atoms with van der Waals surface area (Å²) in [5.41, 5.74) is 5.36. The third-order valence-corrected chi connectivity index (χ3v) is 5.64. The number of hydrogen-bond donors (Lipinski definition) is 1. The lowest BCUT2D eigenvalue weighted by atomic mass is 10.0. The molecule has 0 radical (unpaired) electrons. The second-order valence-corrected chi connectivity index (χ2v) is 7.56. The Labute approximate surface area is 167 Å². The number of benzene rings is 2. The van der Waals surface area contributed by atoms with Gasteiger partial charge in [0, 0.05) is 12.0 Å². The van der Waals surface area contributed by atoms with E-state index >= 15 is 0 Å². The van der Waals surface area contributed by atoms with Crippen molar-refractivity contribution in [2.75, 3.05) is 0 Å². The van der Waals surface area contributed by atoms with Crippen LogP contribution in [0.5, 0.6) is 5.75 Å². The van der Waals surface area contributed by atoms with Crippen LogP contribution < -0.4 is 4.74 Å². The molecule has 0 aliphatic heterocycles. The molecule has 0 amide bonds. The molecule has 0 fully saturated rings. The molecule has 0 spiro atoms. The van der Waals surface area contributed by atoms with E-state index in [0.717, 1.165) is 21.6 Å². The average molecular weight is 402 g/mol. The van der Waals surface area contributed by atoms with Crippen molar-refractivity contribution in [1.82, 2.24) is 4.37 Å². The standard InChI is InChI=1S/C21H20ClNO3S/c1-13-3-9-17(14(2)11-13)20-18(21(22)23-27-20)12-26-16-7-4-15(5-8-16)6-10-19(24)25/h3-5,7-9,11H,6,10,12H2,1-2H3,(H,24,25). The number of ether oxygens (including phenoxy) is 1. The van der Waals surface area contributed by atoms with Crippen LogP contribution in [0.3, 0.4) is 0 Å². The van der Waals surface area contributed by atoms with Gasteiger partial charge in [0.15, 0.2) is 0 Å². The van der Waals surface area contributed by atoms with Crippen molar-refractivity contribution in [2.24, 2.45) is 0 Å². The van der Waals surface area contributed by atoms with E-state index in [1.807, 2.05) is 24.3 Å². The fourth-order valence-electron chi connectivity index (χ4n) is 2.85. The Morgan fingerprint density at radius 1 is 1.19 bits per heavy atom. The molecule has 6 heteroatoms. The first kappa shape index (κ1) is 19.4. The van der Waals surface area contributed by atoms with Gasteiger partial charge < -0.3 is 9.84 Å². The molecule has 140 valence electrons. The topological polar surface area (TPSA) is 59.4 Å². The molecule has 3 rings (SSSR count). The van der Waals surface area contributed by atoms with Crippen molar-refractivity contribution in [3.05, 3.63) is 69.9 Å². The van der Waals surface area contributed by atoms with E-state index in [0.29, 0.717) is 23.9 Å². The van der Waals surface area contributed by atoms with Gasteiger partial charge in [-0.25, -0.2) is 0 Å². The summed E-state index contributed by atoms with van der Waals surface area (Å²) < 4.78 is 10.2. The molecule has 0 saturated carbocycles. The number of rotatable bonds is 7. The molecule has 0 aliphatic rings. The first-order chi connectivity index (χ1) is 12.9. The molecule has 1 N–H and O–H groups in total. The number of hydrogen-bond acceptors (Lipinski definition) is 4. The first-order valence-electron chi connectivity index (χ1n) is 8.59. The van der Waals surface area contributed by atoms with Crippen LogP contribution in [0.2, 0.25) is 5.15 Å². The molecule has 2 aromatic carbocycles. The monoisotopic (exact) mass is 401 g/mol. The van der Waals surface area contributed by atoms with Crippen LogP contribution in [0.25, 0.3) is 10.4 Å². The number of carboxylic acids is 1. The van der Waals surface area contributed by atoms with Gasteiger partial charge in [-0.3, -0.25) is 4.79 Å². The van der Waals surface area contributed by atoms with Gasteiger partial charge in [0.2, 0.25) is 0 Å². The molecule has 0 unspecified atom stereocenters. The highest BCUT2D eigenvalue weighted by atomic mass is 35.5. The zero-order valence-electron chi connectivity index (χ0n) is 15.2. The lowest BCUT2D eigenvalue weighted by molar-refractivity contribution is -0.136. The highest BCUT2D eigenvalue weighted by Crippen LogP contribution is 2.36. The molecule has 4 nitrogen and oxygen atoms in total. The third kappa shape index (κ3) is 4.87. The lowest BCUT2D eigenvalue weighted by Gasteiger charge is -2.10. The number of carbonyl (C=O) groups is 1. The smallest absolute Gasteiger partial charge is 0.303 e. The van der Waals surface area contributed by atoms with Gasteiger partial charge in [-0.1, -0.05) is 47.5 Å². The van der Waals surface area contributed by atoms with Crippen molar-refractivity contribution < 1.29 is 14.6 Å². The maximum Gasteiger partial charge on any atom is 0.303 e. The first-order valence-corrected chi connectivity index (χ1v) is 9.74. The summed E-state index contributed by atoms with van der Waals surface area (Å²) in [4.78, 5) is 11.7. The summed E-state index contributed by atoms with van der Waals surface area (Å²) in [5.74, 6) is -0.0863. The molecule has 3 aromatic rings. The van der Waals surface area contributed by atoms with Crippen LogP contribution in [0.1, 0.15) is 28.7 Å². The maximum atomic E-state index is 10.7. The Morgan fingerprint density at radius 2 is 1.93 bits per heavy atom. The van der Waals surface area contributed by atoms with Crippen molar-refractivity contribution in [3.8, 4) is 16.2 Å². The van der Waals surface area contributed by atoms with E-state index in [4.69, 9.17) is 21.4 Å². The quantitative estimate of drug-likeness (QED) is 0.553. The van der Waals surface area contributed by atoms with Gasteiger partial charge in [0.05, 0.1) is 4.88 Å². The molecule has 27 heavy (non-hydrogen) atoms. The number of nitrogens with zero attached hydrogens (tertiary/aromatic N) is 1. The number of carboxylic acid groups (broad SMARTS) is 1. The molecule has 0 saturated heterocycles. The Bertz CT molecular complexity index is 951. The van der Waals surface area contributed by atoms with Crippen molar-refractivity contribution in [2.45, 2.75) is 33.3 Å². The minimum Gasteiger partial charge on any atom is -0.489 e. The molecule has 1 heterocycles. The number of aromatic nitrogens is 1. The Kier molecular flexibility index (Phi) is 6.14. The number of halogens is 1. The summed E-state index contributed by atoms with van der Waals surface area (Å²) in [6.45, 7) is 4.48. The van der Waals surface area contributed by atoms with Gasteiger partial charge in [-0.15, -0.1) is 0 Å². The lowest BCUT2D eigenvalue weighted by Crippen LogP contribution is -1.99. The van der Waals surface area contributed by atoms with Gasteiger partial charge in [0.25, 0.3) is 0 Å². The average Bonchev–Trinajstić information content (AvgIpc) is 2.99. The molecule has 0 aliphatic carbocycles. The largest absolute Gasteiger partial charge is 0.489 e. The van der Waals surface area contributed by atoms with E-state index in [-0.39, 0.29) is 6.42 Å².